The summed E-state index contributed by atoms with van der Waals surface area (Å²) in [6.07, 6.45) is 2.10. The van der Waals surface area contributed by atoms with Gasteiger partial charge in [0.25, 0.3) is 0 Å². The number of nitrogens with zero attached hydrogens (tertiary/aromatic N) is 1. The average molecular weight is 187 g/mol. The Morgan fingerprint density at radius 1 is 1.69 bits per heavy atom. The number of rotatable bonds is 3. The van der Waals surface area contributed by atoms with Gasteiger partial charge in [-0.05, 0) is 19.4 Å². The highest BCUT2D eigenvalue weighted by atomic mass is 16.5. The molecule has 4 nitrogen and oxygen atoms in total. The summed E-state index contributed by atoms with van der Waals surface area (Å²) in [5, 5.41) is 9.34. The SMILES string of the molecule is COC(=O)CCN1CCC[C@@H](O)C1. The average Bonchev–Trinajstić information content (AvgIpc) is 2.14. The molecule has 0 aromatic rings. The largest absolute Gasteiger partial charge is 0.469 e. The highest BCUT2D eigenvalue weighted by Crippen LogP contribution is 2.09. The molecule has 13 heavy (non-hydrogen) atoms. The lowest BCUT2D eigenvalue weighted by atomic mass is 10.1. The molecule has 1 aliphatic rings. The second-order valence-electron chi connectivity index (χ2n) is 3.42. The van der Waals surface area contributed by atoms with Crippen LogP contribution in [-0.4, -0.2) is 48.8 Å². The molecule has 0 saturated carbocycles. The van der Waals surface area contributed by atoms with Crippen LogP contribution in [0.1, 0.15) is 19.3 Å². The predicted octanol–water partition coefficient (Wildman–Crippen LogP) is 0.00620. The van der Waals surface area contributed by atoms with E-state index < -0.39 is 0 Å². The van der Waals surface area contributed by atoms with Crippen LogP contribution in [0.25, 0.3) is 0 Å². The third-order valence-electron chi connectivity index (χ3n) is 2.34. The molecule has 0 aromatic heterocycles. The molecule has 0 spiro atoms. The molecule has 1 aliphatic heterocycles. The minimum atomic E-state index is -0.216. The lowest BCUT2D eigenvalue weighted by Crippen LogP contribution is -2.39. The predicted molar refractivity (Wildman–Crippen MR) is 48.3 cm³/mol. The van der Waals surface area contributed by atoms with Crippen molar-refractivity contribution < 1.29 is 14.6 Å². The minimum Gasteiger partial charge on any atom is -0.469 e. The van der Waals surface area contributed by atoms with E-state index in [1.807, 2.05) is 0 Å². The van der Waals surface area contributed by atoms with Crippen LogP contribution in [-0.2, 0) is 9.53 Å². The Labute approximate surface area is 78.5 Å². The van der Waals surface area contributed by atoms with E-state index in [-0.39, 0.29) is 12.1 Å². The van der Waals surface area contributed by atoms with E-state index in [9.17, 15) is 9.90 Å². The number of carbonyl (C=O) groups is 1. The van der Waals surface area contributed by atoms with Crippen LogP contribution in [0.2, 0.25) is 0 Å². The summed E-state index contributed by atoms with van der Waals surface area (Å²) in [6.45, 7) is 2.37. The van der Waals surface area contributed by atoms with Gasteiger partial charge in [0.05, 0.1) is 19.6 Å². The molecule has 1 saturated heterocycles. The number of ether oxygens (including phenoxy) is 1. The van der Waals surface area contributed by atoms with Gasteiger partial charge in [-0.1, -0.05) is 0 Å². The van der Waals surface area contributed by atoms with Crippen LogP contribution in [0.15, 0.2) is 0 Å². The molecule has 1 rings (SSSR count). The Bertz CT molecular complexity index is 172. The summed E-state index contributed by atoms with van der Waals surface area (Å²) in [5.41, 5.74) is 0. The molecule has 0 unspecified atom stereocenters. The van der Waals surface area contributed by atoms with Crippen molar-refractivity contribution in [2.45, 2.75) is 25.4 Å². The minimum absolute atomic E-state index is 0.180. The number of methoxy groups -OCH3 is 1. The van der Waals surface area contributed by atoms with Crippen molar-refractivity contribution in [3.8, 4) is 0 Å². The number of β-amino-alcohol motifs (C(OH)–C–C–N with tert-alkyl or cyclic N) is 1. The standard InChI is InChI=1S/C9H17NO3/c1-13-9(12)4-6-10-5-2-3-8(11)7-10/h8,11H,2-7H2,1H3/t8-/m1/s1. The van der Waals surface area contributed by atoms with Crippen molar-refractivity contribution >= 4 is 5.97 Å². The molecule has 0 radical (unpaired) electrons. The van der Waals surface area contributed by atoms with Gasteiger partial charge in [-0.15, -0.1) is 0 Å². The van der Waals surface area contributed by atoms with E-state index >= 15 is 0 Å². The first-order valence-corrected chi connectivity index (χ1v) is 4.69. The third-order valence-corrected chi connectivity index (χ3v) is 2.34. The van der Waals surface area contributed by atoms with Crippen LogP contribution in [0.3, 0.4) is 0 Å². The first-order valence-electron chi connectivity index (χ1n) is 4.69. The van der Waals surface area contributed by atoms with Crippen molar-refractivity contribution in [3.63, 3.8) is 0 Å². The molecule has 1 atom stereocenters. The zero-order valence-electron chi connectivity index (χ0n) is 8.03. The maximum absolute atomic E-state index is 10.8. The van der Waals surface area contributed by atoms with Gasteiger partial charge in [0.1, 0.15) is 0 Å². The Morgan fingerprint density at radius 2 is 2.46 bits per heavy atom. The van der Waals surface area contributed by atoms with Gasteiger partial charge in [0.15, 0.2) is 0 Å². The number of piperidine rings is 1. The lowest BCUT2D eigenvalue weighted by molar-refractivity contribution is -0.141. The quantitative estimate of drug-likeness (QED) is 0.632. The molecule has 0 amide bonds. The Hall–Kier alpha value is -0.610. The van der Waals surface area contributed by atoms with E-state index in [2.05, 4.69) is 9.64 Å². The molecule has 1 fully saturated rings. The number of aliphatic hydroxyl groups is 1. The second-order valence-corrected chi connectivity index (χ2v) is 3.42. The first kappa shape index (κ1) is 10.5. The molecule has 0 aromatic carbocycles. The number of hydrogen-bond acceptors (Lipinski definition) is 4. The van der Waals surface area contributed by atoms with Crippen molar-refractivity contribution in [2.75, 3.05) is 26.7 Å². The van der Waals surface area contributed by atoms with Crippen LogP contribution >= 0.6 is 0 Å². The fourth-order valence-electron chi connectivity index (χ4n) is 1.59. The highest BCUT2D eigenvalue weighted by molar-refractivity contribution is 5.69. The van der Waals surface area contributed by atoms with Gasteiger partial charge in [-0.2, -0.15) is 0 Å². The van der Waals surface area contributed by atoms with Gasteiger partial charge in [0.2, 0.25) is 0 Å². The van der Waals surface area contributed by atoms with E-state index in [1.54, 1.807) is 0 Å². The monoisotopic (exact) mass is 187 g/mol. The van der Waals surface area contributed by atoms with Crippen LogP contribution in [0.5, 0.6) is 0 Å². The van der Waals surface area contributed by atoms with Crippen molar-refractivity contribution in [1.82, 2.24) is 4.90 Å². The van der Waals surface area contributed by atoms with Gasteiger partial charge in [-0.3, -0.25) is 4.79 Å². The lowest BCUT2D eigenvalue weighted by Gasteiger charge is -2.29. The molecule has 4 heteroatoms. The number of aliphatic hydroxyl groups excluding tert-OH is 1. The second kappa shape index (κ2) is 5.19. The Morgan fingerprint density at radius 3 is 3.08 bits per heavy atom. The summed E-state index contributed by atoms with van der Waals surface area (Å²) in [7, 11) is 1.40. The number of esters is 1. The van der Waals surface area contributed by atoms with E-state index in [1.165, 1.54) is 7.11 Å². The van der Waals surface area contributed by atoms with Crippen molar-refractivity contribution in [1.29, 1.82) is 0 Å². The van der Waals surface area contributed by atoms with Gasteiger partial charge < -0.3 is 14.7 Å². The summed E-state index contributed by atoms with van der Waals surface area (Å²) >= 11 is 0. The fourth-order valence-corrected chi connectivity index (χ4v) is 1.59. The number of likely N-dealkylation sites (tertiary alicyclic amines) is 1. The maximum Gasteiger partial charge on any atom is 0.306 e. The van der Waals surface area contributed by atoms with Gasteiger partial charge in [-0.25, -0.2) is 0 Å². The Balaban J connectivity index is 2.17. The van der Waals surface area contributed by atoms with E-state index in [0.717, 1.165) is 19.4 Å². The van der Waals surface area contributed by atoms with Crippen molar-refractivity contribution in [3.05, 3.63) is 0 Å². The summed E-state index contributed by atoms with van der Waals surface area (Å²) in [5.74, 6) is -0.180. The van der Waals surface area contributed by atoms with Crippen LogP contribution in [0, 0.1) is 0 Å². The molecule has 0 bridgehead atoms. The summed E-state index contributed by atoms with van der Waals surface area (Å²) in [4.78, 5) is 12.9. The third kappa shape index (κ3) is 3.74. The van der Waals surface area contributed by atoms with Crippen LogP contribution < -0.4 is 0 Å². The Kier molecular flexibility index (Phi) is 4.18. The maximum atomic E-state index is 10.8. The number of carbonyl (C=O) groups excluding carboxylic acids is 1. The highest BCUT2D eigenvalue weighted by Gasteiger charge is 2.17. The summed E-state index contributed by atoms with van der Waals surface area (Å²) in [6, 6.07) is 0. The normalized spacial score (nSPS) is 24.3. The number of hydrogen-bond donors (Lipinski definition) is 1. The van der Waals surface area contributed by atoms with E-state index in [4.69, 9.17) is 0 Å². The summed E-state index contributed by atoms with van der Waals surface area (Å²) < 4.78 is 4.54. The molecular weight excluding hydrogens is 170 g/mol. The topological polar surface area (TPSA) is 49.8 Å². The van der Waals surface area contributed by atoms with Gasteiger partial charge in [0, 0.05) is 13.1 Å². The van der Waals surface area contributed by atoms with Crippen molar-refractivity contribution in [2.24, 2.45) is 0 Å². The molecular formula is C9H17NO3. The zero-order valence-corrected chi connectivity index (χ0v) is 8.03. The molecule has 1 N–H and O–H groups in total. The smallest absolute Gasteiger partial charge is 0.306 e. The van der Waals surface area contributed by atoms with Crippen LogP contribution in [0.4, 0.5) is 0 Å². The first-order chi connectivity index (χ1) is 6.22. The fraction of sp³-hybridized carbons (Fsp3) is 0.889. The molecule has 0 aliphatic carbocycles. The molecule has 1 heterocycles. The van der Waals surface area contributed by atoms with E-state index in [0.29, 0.717) is 19.5 Å². The van der Waals surface area contributed by atoms with Gasteiger partial charge >= 0.3 is 5.97 Å². The molecule has 76 valence electrons. The zero-order chi connectivity index (χ0) is 9.68.